The highest BCUT2D eigenvalue weighted by atomic mass is 19.3. The highest BCUT2D eigenvalue weighted by Gasteiger charge is 2.06. The van der Waals surface area contributed by atoms with Crippen molar-refractivity contribution in [3.63, 3.8) is 0 Å². The van der Waals surface area contributed by atoms with Gasteiger partial charge in [0.05, 0.1) is 6.61 Å². The molecule has 0 aliphatic carbocycles. The van der Waals surface area contributed by atoms with Gasteiger partial charge in [0.2, 0.25) is 5.91 Å². The molecule has 1 amide bonds. The topological polar surface area (TPSA) is 58.6 Å². The summed E-state index contributed by atoms with van der Waals surface area (Å²) in [6.45, 7) is 1.85. The largest absolute Gasteiger partial charge is 0.396 e. The van der Waals surface area contributed by atoms with E-state index in [-0.39, 0.29) is 31.5 Å². The fraction of sp³-hybridized carbons (Fsp3) is 0.900. The third-order valence-electron chi connectivity index (χ3n) is 1.99. The third-order valence-corrected chi connectivity index (χ3v) is 1.99. The molecular weight excluding hydrogens is 220 g/mol. The lowest BCUT2D eigenvalue weighted by Crippen LogP contribution is -2.29. The molecule has 0 bridgehead atoms. The number of hydrogen-bond acceptors (Lipinski definition) is 3. The Hall–Kier alpha value is -0.750. The highest BCUT2D eigenvalue weighted by Crippen LogP contribution is 1.98. The Labute approximate surface area is 94.0 Å². The van der Waals surface area contributed by atoms with E-state index < -0.39 is 13.0 Å². The summed E-state index contributed by atoms with van der Waals surface area (Å²) in [5.41, 5.74) is 0. The number of hydrogen-bond donors (Lipinski definition) is 2. The maximum Gasteiger partial charge on any atom is 0.261 e. The standard InChI is InChI=1S/C10H19F2NO3/c1-8(2-4-14)6-13-10(15)3-5-16-7-9(11)12/h8-9,14H,2-7H2,1H3,(H,13,15). The van der Waals surface area contributed by atoms with Gasteiger partial charge in [-0.15, -0.1) is 0 Å². The normalized spacial score (nSPS) is 12.8. The van der Waals surface area contributed by atoms with Crippen molar-refractivity contribution < 1.29 is 23.4 Å². The zero-order valence-electron chi connectivity index (χ0n) is 9.42. The van der Waals surface area contributed by atoms with Gasteiger partial charge in [0, 0.05) is 19.6 Å². The number of carbonyl (C=O) groups excluding carboxylic acids is 1. The van der Waals surface area contributed by atoms with E-state index in [1.807, 2.05) is 6.92 Å². The van der Waals surface area contributed by atoms with E-state index in [1.54, 1.807) is 0 Å². The van der Waals surface area contributed by atoms with Crippen LogP contribution in [-0.4, -0.2) is 43.8 Å². The van der Waals surface area contributed by atoms with Crippen LogP contribution in [0.15, 0.2) is 0 Å². The Kier molecular flexibility index (Phi) is 9.03. The van der Waals surface area contributed by atoms with E-state index in [4.69, 9.17) is 5.11 Å². The van der Waals surface area contributed by atoms with Gasteiger partial charge in [0.25, 0.3) is 6.43 Å². The molecule has 16 heavy (non-hydrogen) atoms. The van der Waals surface area contributed by atoms with Crippen molar-refractivity contribution in [2.45, 2.75) is 26.2 Å². The zero-order chi connectivity index (χ0) is 12.4. The first-order valence-electron chi connectivity index (χ1n) is 5.29. The second-order valence-electron chi connectivity index (χ2n) is 3.64. The molecule has 0 aromatic carbocycles. The van der Waals surface area contributed by atoms with E-state index in [9.17, 15) is 13.6 Å². The predicted octanol–water partition coefficient (Wildman–Crippen LogP) is 0.793. The summed E-state index contributed by atoms with van der Waals surface area (Å²) in [5, 5.41) is 11.3. The van der Waals surface area contributed by atoms with E-state index in [0.717, 1.165) is 0 Å². The lowest BCUT2D eigenvalue weighted by atomic mass is 10.1. The van der Waals surface area contributed by atoms with Crippen LogP contribution in [0.2, 0.25) is 0 Å². The average Bonchev–Trinajstić information content (AvgIpc) is 2.22. The lowest BCUT2D eigenvalue weighted by molar-refractivity contribution is -0.122. The molecule has 0 aromatic rings. The van der Waals surface area contributed by atoms with E-state index in [0.29, 0.717) is 13.0 Å². The molecule has 4 nitrogen and oxygen atoms in total. The average molecular weight is 239 g/mol. The van der Waals surface area contributed by atoms with Crippen molar-refractivity contribution in [2.75, 3.05) is 26.4 Å². The van der Waals surface area contributed by atoms with E-state index in [1.165, 1.54) is 0 Å². The zero-order valence-corrected chi connectivity index (χ0v) is 9.42. The Morgan fingerprint density at radius 2 is 2.19 bits per heavy atom. The van der Waals surface area contributed by atoms with Crippen molar-refractivity contribution in [2.24, 2.45) is 5.92 Å². The van der Waals surface area contributed by atoms with Gasteiger partial charge in [-0.05, 0) is 12.3 Å². The van der Waals surface area contributed by atoms with Crippen molar-refractivity contribution in [1.82, 2.24) is 5.32 Å². The number of halogens is 2. The number of carbonyl (C=O) groups is 1. The molecule has 0 aliphatic heterocycles. The van der Waals surface area contributed by atoms with Gasteiger partial charge < -0.3 is 15.2 Å². The molecule has 0 saturated carbocycles. The van der Waals surface area contributed by atoms with Crippen molar-refractivity contribution >= 4 is 5.91 Å². The number of ether oxygens (including phenoxy) is 1. The van der Waals surface area contributed by atoms with Gasteiger partial charge in [-0.2, -0.15) is 0 Å². The van der Waals surface area contributed by atoms with Crippen LogP contribution < -0.4 is 5.32 Å². The van der Waals surface area contributed by atoms with Gasteiger partial charge in [-0.3, -0.25) is 4.79 Å². The molecule has 0 aromatic heterocycles. The Bertz CT molecular complexity index is 191. The molecule has 0 spiro atoms. The fourth-order valence-electron chi connectivity index (χ4n) is 1.04. The number of nitrogens with one attached hydrogen (secondary N) is 1. The number of aliphatic hydroxyl groups excluding tert-OH is 1. The molecule has 96 valence electrons. The van der Waals surface area contributed by atoms with Gasteiger partial charge in [0.15, 0.2) is 0 Å². The molecule has 0 radical (unpaired) electrons. The first-order chi connectivity index (χ1) is 7.56. The fourth-order valence-corrected chi connectivity index (χ4v) is 1.04. The number of rotatable bonds is 9. The molecule has 0 rings (SSSR count). The molecule has 6 heteroatoms. The van der Waals surface area contributed by atoms with Crippen LogP contribution in [-0.2, 0) is 9.53 Å². The smallest absolute Gasteiger partial charge is 0.261 e. The number of alkyl halides is 2. The SMILES string of the molecule is CC(CCO)CNC(=O)CCOCC(F)F. The van der Waals surface area contributed by atoms with Crippen LogP contribution in [0.3, 0.4) is 0 Å². The first-order valence-corrected chi connectivity index (χ1v) is 5.29. The summed E-state index contributed by atoms with van der Waals surface area (Å²) in [6.07, 6.45) is -1.78. The van der Waals surface area contributed by atoms with Crippen molar-refractivity contribution in [3.8, 4) is 0 Å². The molecule has 2 N–H and O–H groups in total. The highest BCUT2D eigenvalue weighted by molar-refractivity contribution is 5.75. The van der Waals surface area contributed by atoms with Crippen molar-refractivity contribution in [1.29, 1.82) is 0 Å². The molecule has 0 heterocycles. The van der Waals surface area contributed by atoms with Gasteiger partial charge in [-0.1, -0.05) is 6.92 Å². The van der Waals surface area contributed by atoms with Crippen LogP contribution in [0, 0.1) is 5.92 Å². The van der Waals surface area contributed by atoms with Gasteiger partial charge in [0.1, 0.15) is 6.61 Å². The van der Waals surface area contributed by atoms with Gasteiger partial charge >= 0.3 is 0 Å². The molecule has 0 aliphatic rings. The van der Waals surface area contributed by atoms with Crippen molar-refractivity contribution in [3.05, 3.63) is 0 Å². The van der Waals surface area contributed by atoms with Gasteiger partial charge in [-0.25, -0.2) is 8.78 Å². The maximum absolute atomic E-state index is 11.6. The summed E-state index contributed by atoms with van der Waals surface area (Å²) in [7, 11) is 0. The molecular formula is C10H19F2NO3. The summed E-state index contributed by atoms with van der Waals surface area (Å²) >= 11 is 0. The van der Waals surface area contributed by atoms with Crippen LogP contribution >= 0.6 is 0 Å². The molecule has 0 saturated heterocycles. The van der Waals surface area contributed by atoms with Crippen LogP contribution in [0.1, 0.15) is 19.8 Å². The molecule has 1 unspecified atom stereocenters. The first kappa shape index (κ1) is 15.2. The van der Waals surface area contributed by atoms with E-state index >= 15 is 0 Å². The minimum absolute atomic E-state index is 0.00452. The summed E-state index contributed by atoms with van der Waals surface area (Å²) in [5.74, 6) is -0.0185. The Balaban J connectivity index is 3.37. The minimum Gasteiger partial charge on any atom is -0.396 e. The quantitative estimate of drug-likeness (QED) is 0.585. The number of aliphatic hydroxyl groups is 1. The third kappa shape index (κ3) is 9.79. The lowest BCUT2D eigenvalue weighted by Gasteiger charge is -2.11. The minimum atomic E-state index is -2.49. The van der Waals surface area contributed by atoms with E-state index in [2.05, 4.69) is 10.1 Å². The van der Waals surface area contributed by atoms with Crippen LogP contribution in [0.5, 0.6) is 0 Å². The molecule has 0 fully saturated rings. The monoisotopic (exact) mass is 239 g/mol. The molecule has 1 atom stereocenters. The second-order valence-corrected chi connectivity index (χ2v) is 3.64. The summed E-state index contributed by atoms with van der Waals surface area (Å²) in [6, 6.07) is 0. The summed E-state index contributed by atoms with van der Waals surface area (Å²) < 4.78 is 27.9. The van der Waals surface area contributed by atoms with Crippen LogP contribution in [0.25, 0.3) is 0 Å². The van der Waals surface area contributed by atoms with Crippen LogP contribution in [0.4, 0.5) is 8.78 Å². The summed E-state index contributed by atoms with van der Waals surface area (Å²) in [4.78, 5) is 11.2. The Morgan fingerprint density at radius 1 is 1.50 bits per heavy atom. The number of amides is 1. The predicted molar refractivity (Wildman–Crippen MR) is 55.3 cm³/mol. The Morgan fingerprint density at radius 3 is 2.75 bits per heavy atom. The maximum atomic E-state index is 11.6. The second kappa shape index (κ2) is 9.47.